The average Bonchev–Trinajstić information content (AvgIpc) is 2.89. The molecule has 0 saturated carbocycles. The Bertz CT molecular complexity index is 1220. The van der Waals surface area contributed by atoms with Gasteiger partial charge in [0.25, 0.3) is 5.91 Å². The zero-order chi connectivity index (χ0) is 23.5. The Balaban J connectivity index is 1.28. The van der Waals surface area contributed by atoms with Gasteiger partial charge in [0.2, 0.25) is 0 Å². The number of amides is 1. The lowest BCUT2D eigenvalue weighted by atomic mass is 10.1. The van der Waals surface area contributed by atoms with Crippen LogP contribution in [0, 0.1) is 5.82 Å². The van der Waals surface area contributed by atoms with E-state index >= 15 is 0 Å². The van der Waals surface area contributed by atoms with Gasteiger partial charge in [0, 0.05) is 68.5 Å². The number of fused-ring (bicyclic) bond motifs is 1. The molecule has 0 bridgehead atoms. The van der Waals surface area contributed by atoms with E-state index in [1.165, 1.54) is 6.20 Å². The van der Waals surface area contributed by atoms with Gasteiger partial charge in [-0.15, -0.1) is 0 Å². The first kappa shape index (κ1) is 22.1. The Labute approximate surface area is 198 Å². The first-order valence-electron chi connectivity index (χ1n) is 11.4. The summed E-state index contributed by atoms with van der Waals surface area (Å²) in [6, 6.07) is 15.7. The van der Waals surface area contributed by atoms with Crippen LogP contribution in [-0.2, 0) is 6.54 Å². The lowest BCUT2D eigenvalue weighted by Gasteiger charge is -2.35. The van der Waals surface area contributed by atoms with Gasteiger partial charge in [-0.05, 0) is 29.8 Å². The molecule has 1 aromatic heterocycles. The van der Waals surface area contributed by atoms with Gasteiger partial charge in [-0.3, -0.25) is 14.7 Å². The van der Waals surface area contributed by atoms with Crippen LogP contribution >= 0.6 is 0 Å². The number of halogens is 1. The molecule has 3 heterocycles. The van der Waals surface area contributed by atoms with E-state index in [1.54, 1.807) is 19.4 Å². The molecule has 0 spiro atoms. The Morgan fingerprint density at radius 2 is 1.91 bits per heavy atom. The van der Waals surface area contributed by atoms with E-state index in [4.69, 9.17) is 4.74 Å². The van der Waals surface area contributed by atoms with E-state index in [0.717, 1.165) is 23.5 Å². The number of pyridine rings is 1. The number of hydrogen-bond acceptors (Lipinski definition) is 5. The predicted octanol–water partition coefficient (Wildman–Crippen LogP) is 4.35. The summed E-state index contributed by atoms with van der Waals surface area (Å²) in [7, 11) is 1.60. The highest BCUT2D eigenvalue weighted by atomic mass is 19.1. The number of para-hydroxylation sites is 1. The number of ether oxygens (including phenoxy) is 1. The minimum Gasteiger partial charge on any atom is -0.496 e. The minimum atomic E-state index is -0.294. The van der Waals surface area contributed by atoms with Gasteiger partial charge in [0.05, 0.1) is 18.9 Å². The van der Waals surface area contributed by atoms with Crippen molar-refractivity contribution in [3.05, 3.63) is 89.5 Å². The molecule has 0 aliphatic carbocycles. The highest BCUT2D eigenvalue weighted by molar-refractivity contribution is 5.98. The number of methoxy groups -OCH3 is 1. The van der Waals surface area contributed by atoms with Crippen molar-refractivity contribution in [3.8, 4) is 5.75 Å². The van der Waals surface area contributed by atoms with E-state index in [9.17, 15) is 9.18 Å². The minimum absolute atomic E-state index is 0.0444. The molecule has 3 aromatic rings. The van der Waals surface area contributed by atoms with Gasteiger partial charge in [-0.25, -0.2) is 4.39 Å². The molecule has 1 saturated heterocycles. The lowest BCUT2D eigenvalue weighted by molar-refractivity contribution is 0.0624. The number of benzene rings is 2. The maximum Gasteiger partial charge on any atom is 0.257 e. The van der Waals surface area contributed by atoms with Crippen LogP contribution < -0.4 is 9.64 Å². The van der Waals surface area contributed by atoms with Crippen LogP contribution in [0.15, 0.2) is 67.0 Å². The van der Waals surface area contributed by atoms with Crippen LogP contribution in [0.3, 0.4) is 0 Å². The molecule has 0 unspecified atom stereocenters. The number of anilines is 2. The predicted molar refractivity (Wildman–Crippen MR) is 131 cm³/mol. The van der Waals surface area contributed by atoms with Crippen molar-refractivity contribution < 1.29 is 13.9 Å². The van der Waals surface area contributed by atoms with Crippen molar-refractivity contribution >= 4 is 23.4 Å². The molecular weight excluding hydrogens is 431 g/mol. The Morgan fingerprint density at radius 1 is 1.09 bits per heavy atom. The Hall–Kier alpha value is -3.71. The van der Waals surface area contributed by atoms with Crippen molar-refractivity contribution in [3.63, 3.8) is 0 Å². The summed E-state index contributed by atoms with van der Waals surface area (Å²) >= 11 is 0. The van der Waals surface area contributed by atoms with Gasteiger partial charge < -0.3 is 14.5 Å². The Kier molecular flexibility index (Phi) is 6.27. The van der Waals surface area contributed by atoms with E-state index in [0.29, 0.717) is 49.6 Å². The van der Waals surface area contributed by atoms with E-state index in [-0.39, 0.29) is 11.7 Å². The van der Waals surface area contributed by atoms with Crippen molar-refractivity contribution in [2.24, 2.45) is 0 Å². The number of carbonyl (C=O) groups excluding carboxylic acids is 1. The maximum absolute atomic E-state index is 13.9. The molecule has 2 aliphatic rings. The molecule has 0 atom stereocenters. The molecule has 0 N–H and O–H groups in total. The summed E-state index contributed by atoms with van der Waals surface area (Å²) in [5.41, 5.74) is 4.46. The molecule has 6 nitrogen and oxygen atoms in total. The summed E-state index contributed by atoms with van der Waals surface area (Å²) < 4.78 is 19.6. The smallest absolute Gasteiger partial charge is 0.257 e. The van der Waals surface area contributed by atoms with E-state index in [2.05, 4.69) is 39.1 Å². The highest BCUT2D eigenvalue weighted by Crippen LogP contribution is 2.35. The standard InChI is InChI=1S/C27H27FN4O2/c1-34-26-17-22(32-12-4-6-20-5-2-3-7-25(20)32)8-9-23(26)27(33)31-15-13-30(14-16-31)19-21-10-11-29-18-24(21)28/h2-11,17-18H,12-16,19H2,1H3. The van der Waals surface area contributed by atoms with Crippen LogP contribution in [0.2, 0.25) is 0 Å². The zero-order valence-electron chi connectivity index (χ0n) is 19.2. The van der Waals surface area contributed by atoms with Crippen molar-refractivity contribution in [1.82, 2.24) is 14.8 Å². The molecule has 2 aliphatic heterocycles. The second-order valence-corrected chi connectivity index (χ2v) is 8.49. The maximum atomic E-state index is 13.9. The fourth-order valence-corrected chi connectivity index (χ4v) is 4.58. The lowest BCUT2D eigenvalue weighted by Crippen LogP contribution is -2.48. The third kappa shape index (κ3) is 4.39. The van der Waals surface area contributed by atoms with Crippen molar-refractivity contribution in [2.45, 2.75) is 6.54 Å². The van der Waals surface area contributed by atoms with Crippen molar-refractivity contribution in [2.75, 3.05) is 44.7 Å². The molecule has 1 amide bonds. The third-order valence-electron chi connectivity index (χ3n) is 6.45. The van der Waals surface area contributed by atoms with Crippen LogP contribution in [0.4, 0.5) is 15.8 Å². The number of carbonyl (C=O) groups is 1. The second kappa shape index (κ2) is 9.65. The largest absolute Gasteiger partial charge is 0.496 e. The molecule has 1 fully saturated rings. The van der Waals surface area contributed by atoms with E-state index < -0.39 is 0 Å². The topological polar surface area (TPSA) is 48.9 Å². The van der Waals surface area contributed by atoms with Gasteiger partial charge in [-0.2, -0.15) is 0 Å². The molecule has 34 heavy (non-hydrogen) atoms. The highest BCUT2D eigenvalue weighted by Gasteiger charge is 2.26. The fourth-order valence-electron chi connectivity index (χ4n) is 4.58. The second-order valence-electron chi connectivity index (χ2n) is 8.49. The van der Waals surface area contributed by atoms with E-state index in [1.807, 2.05) is 35.2 Å². The number of rotatable bonds is 5. The summed E-state index contributed by atoms with van der Waals surface area (Å²) in [6.07, 6.45) is 7.10. The molecule has 7 heteroatoms. The quantitative estimate of drug-likeness (QED) is 0.569. The molecule has 0 radical (unpaired) electrons. The van der Waals surface area contributed by atoms with Gasteiger partial charge in [0.1, 0.15) is 11.6 Å². The summed E-state index contributed by atoms with van der Waals surface area (Å²) in [5.74, 6) is 0.227. The summed E-state index contributed by atoms with van der Waals surface area (Å²) in [5, 5.41) is 0. The van der Waals surface area contributed by atoms with Gasteiger partial charge in [-0.1, -0.05) is 30.4 Å². The number of nitrogens with zero attached hydrogens (tertiary/aromatic N) is 4. The fraction of sp³-hybridized carbons (Fsp3) is 0.259. The van der Waals surface area contributed by atoms with Crippen LogP contribution in [0.25, 0.3) is 6.08 Å². The molecule has 174 valence electrons. The Morgan fingerprint density at radius 3 is 2.71 bits per heavy atom. The monoisotopic (exact) mass is 458 g/mol. The van der Waals surface area contributed by atoms with Crippen LogP contribution in [0.5, 0.6) is 5.75 Å². The molecule has 5 rings (SSSR count). The SMILES string of the molecule is COc1cc(N2CC=Cc3ccccc32)ccc1C(=O)N1CCN(Cc2ccncc2F)CC1. The average molecular weight is 459 g/mol. The number of aromatic nitrogens is 1. The third-order valence-corrected chi connectivity index (χ3v) is 6.45. The number of hydrogen-bond donors (Lipinski definition) is 0. The number of piperazine rings is 1. The van der Waals surface area contributed by atoms with Crippen LogP contribution in [0.1, 0.15) is 21.5 Å². The summed E-state index contributed by atoms with van der Waals surface area (Å²) in [6.45, 7) is 3.81. The first-order chi connectivity index (χ1) is 16.6. The zero-order valence-corrected chi connectivity index (χ0v) is 19.2. The molecular formula is C27H27FN4O2. The van der Waals surface area contributed by atoms with Gasteiger partial charge >= 0.3 is 0 Å². The molecule has 2 aromatic carbocycles. The summed E-state index contributed by atoms with van der Waals surface area (Å²) in [4.78, 5) is 23.3. The van der Waals surface area contributed by atoms with Gasteiger partial charge in [0.15, 0.2) is 0 Å². The van der Waals surface area contributed by atoms with Crippen molar-refractivity contribution in [1.29, 1.82) is 0 Å². The normalized spacial score (nSPS) is 15.8. The van der Waals surface area contributed by atoms with Crippen LogP contribution in [-0.4, -0.2) is 60.5 Å². The first-order valence-corrected chi connectivity index (χ1v) is 11.4.